The molecule has 0 radical (unpaired) electrons. The minimum Gasteiger partial charge on any atom is -0.383 e. The zero-order valence-corrected chi connectivity index (χ0v) is 21.2. The molecule has 3 heterocycles. The van der Waals surface area contributed by atoms with E-state index < -0.39 is 0 Å². The molecule has 0 aliphatic heterocycles. The number of nitrogens with one attached hydrogen (secondary N) is 1. The molecule has 0 bridgehead atoms. The van der Waals surface area contributed by atoms with Gasteiger partial charge in [-0.2, -0.15) is 5.10 Å². The van der Waals surface area contributed by atoms with Gasteiger partial charge in [-0.3, -0.25) is 10.0 Å². The van der Waals surface area contributed by atoms with Crippen molar-refractivity contribution in [1.29, 1.82) is 0 Å². The number of aromatic nitrogens is 7. The molecule has 0 saturated heterocycles. The van der Waals surface area contributed by atoms with E-state index in [1.165, 1.54) is 6.33 Å². The Kier molecular flexibility index (Phi) is 7.57. The predicted octanol–water partition coefficient (Wildman–Crippen LogP) is 4.43. The number of hydroxylamine groups is 1. The summed E-state index contributed by atoms with van der Waals surface area (Å²) in [4.78, 5) is 19.8. The Bertz CT molecular complexity index is 1560. The Labute approximate surface area is 223 Å². The zero-order valence-electron chi connectivity index (χ0n) is 20.5. The van der Waals surface area contributed by atoms with Crippen LogP contribution in [0.4, 0.5) is 5.82 Å². The number of unbranched alkanes of at least 4 members (excludes halogenated alkanes) is 3. The number of amides is 1. The van der Waals surface area contributed by atoms with Gasteiger partial charge >= 0.3 is 0 Å². The standard InChI is InChI=1S/C26H26ClN9O2/c27-19-11-9-17(10-12-19)24-23-25(28)29-16-30-26(23)36(32-24)20-7-5-6-18(14-20)21-15-31-34-35(21)13-4-2-1-3-8-22(37)33-38/h5-7,9-12,14-16,38H,1-4,8,13H2,(H,33,37)(H2,28,29,30). The van der Waals surface area contributed by atoms with Crippen LogP contribution in [0, 0.1) is 0 Å². The molecule has 5 aromatic rings. The van der Waals surface area contributed by atoms with Gasteiger partial charge in [0, 0.05) is 29.1 Å². The van der Waals surface area contributed by atoms with Gasteiger partial charge in [-0.25, -0.2) is 24.8 Å². The number of hydrogen-bond donors (Lipinski definition) is 3. The number of aryl methyl sites for hydroxylation is 1. The molecule has 38 heavy (non-hydrogen) atoms. The molecule has 0 saturated carbocycles. The van der Waals surface area contributed by atoms with Crippen molar-refractivity contribution in [3.63, 3.8) is 0 Å². The van der Waals surface area contributed by atoms with Gasteiger partial charge in [0.2, 0.25) is 5.91 Å². The van der Waals surface area contributed by atoms with E-state index >= 15 is 0 Å². The molecule has 2 aromatic carbocycles. The van der Waals surface area contributed by atoms with Gasteiger partial charge in [-0.15, -0.1) is 5.10 Å². The van der Waals surface area contributed by atoms with Gasteiger partial charge in [-0.05, 0) is 37.1 Å². The number of carbonyl (C=O) groups is 1. The van der Waals surface area contributed by atoms with Crippen LogP contribution in [0.5, 0.6) is 0 Å². The lowest BCUT2D eigenvalue weighted by molar-refractivity contribution is -0.129. The molecule has 0 unspecified atom stereocenters. The van der Waals surface area contributed by atoms with E-state index in [0.29, 0.717) is 40.5 Å². The summed E-state index contributed by atoms with van der Waals surface area (Å²) in [6.07, 6.45) is 6.93. The Morgan fingerprint density at radius 1 is 1.03 bits per heavy atom. The topological polar surface area (TPSA) is 150 Å². The van der Waals surface area contributed by atoms with Crippen LogP contribution in [0.1, 0.15) is 32.1 Å². The Morgan fingerprint density at radius 3 is 2.66 bits per heavy atom. The van der Waals surface area contributed by atoms with Crippen LogP contribution in [0.15, 0.2) is 61.1 Å². The third-order valence-electron chi connectivity index (χ3n) is 6.26. The van der Waals surface area contributed by atoms with E-state index in [2.05, 4.69) is 20.3 Å². The van der Waals surface area contributed by atoms with Crippen molar-refractivity contribution in [2.45, 2.75) is 38.6 Å². The highest BCUT2D eigenvalue weighted by atomic mass is 35.5. The average Bonchev–Trinajstić information content (AvgIpc) is 3.57. The predicted molar refractivity (Wildman–Crippen MR) is 144 cm³/mol. The summed E-state index contributed by atoms with van der Waals surface area (Å²) in [5.41, 5.74) is 12.7. The van der Waals surface area contributed by atoms with E-state index in [0.717, 1.165) is 48.2 Å². The van der Waals surface area contributed by atoms with Crippen molar-refractivity contribution in [2.24, 2.45) is 0 Å². The fourth-order valence-corrected chi connectivity index (χ4v) is 4.49. The molecule has 1 amide bonds. The monoisotopic (exact) mass is 531 g/mol. The van der Waals surface area contributed by atoms with Crippen molar-refractivity contribution < 1.29 is 10.0 Å². The Morgan fingerprint density at radius 2 is 1.84 bits per heavy atom. The summed E-state index contributed by atoms with van der Waals surface area (Å²) in [5, 5.41) is 23.1. The summed E-state index contributed by atoms with van der Waals surface area (Å²) >= 11 is 6.09. The number of anilines is 1. The number of rotatable bonds is 10. The lowest BCUT2D eigenvalue weighted by Crippen LogP contribution is -2.17. The van der Waals surface area contributed by atoms with Crippen LogP contribution in [-0.4, -0.2) is 45.9 Å². The molecular weight excluding hydrogens is 506 g/mol. The van der Waals surface area contributed by atoms with Gasteiger partial charge in [0.15, 0.2) is 5.65 Å². The second-order valence-electron chi connectivity index (χ2n) is 8.82. The highest BCUT2D eigenvalue weighted by Gasteiger charge is 2.19. The lowest BCUT2D eigenvalue weighted by Gasteiger charge is -2.09. The number of hydrogen-bond acceptors (Lipinski definition) is 8. The maximum Gasteiger partial charge on any atom is 0.243 e. The molecule has 0 atom stereocenters. The lowest BCUT2D eigenvalue weighted by atomic mass is 10.1. The number of fused-ring (bicyclic) bond motifs is 1. The largest absolute Gasteiger partial charge is 0.383 e. The molecule has 5 rings (SSSR count). The number of nitrogens with zero attached hydrogens (tertiary/aromatic N) is 7. The average molecular weight is 532 g/mol. The van der Waals surface area contributed by atoms with Crippen molar-refractivity contribution in [1.82, 2.24) is 40.2 Å². The van der Waals surface area contributed by atoms with Gasteiger partial charge < -0.3 is 5.73 Å². The smallest absolute Gasteiger partial charge is 0.243 e. The molecule has 194 valence electrons. The molecule has 4 N–H and O–H groups in total. The molecule has 0 fully saturated rings. The third-order valence-corrected chi connectivity index (χ3v) is 6.52. The van der Waals surface area contributed by atoms with E-state index in [1.807, 2.05) is 53.2 Å². The van der Waals surface area contributed by atoms with Crippen LogP contribution in [0.2, 0.25) is 5.02 Å². The second-order valence-corrected chi connectivity index (χ2v) is 9.25. The quantitative estimate of drug-likeness (QED) is 0.136. The van der Waals surface area contributed by atoms with Crippen LogP contribution in [-0.2, 0) is 11.3 Å². The third kappa shape index (κ3) is 5.34. The molecule has 3 aromatic heterocycles. The van der Waals surface area contributed by atoms with E-state index in [-0.39, 0.29) is 5.91 Å². The minimum absolute atomic E-state index is 0.316. The minimum atomic E-state index is -0.358. The number of benzene rings is 2. The van der Waals surface area contributed by atoms with E-state index in [9.17, 15) is 4.79 Å². The number of nitrogen functional groups attached to an aromatic ring is 1. The van der Waals surface area contributed by atoms with Crippen LogP contribution in [0.25, 0.3) is 39.2 Å². The second kappa shape index (κ2) is 11.4. The fraction of sp³-hybridized carbons (Fsp3) is 0.231. The van der Waals surface area contributed by atoms with Gasteiger partial charge in [-0.1, -0.05) is 53.9 Å². The summed E-state index contributed by atoms with van der Waals surface area (Å²) in [5.74, 6) is -0.00976. The van der Waals surface area contributed by atoms with Crippen molar-refractivity contribution in [3.05, 3.63) is 66.1 Å². The Hall–Kier alpha value is -4.35. The first-order chi connectivity index (χ1) is 18.5. The summed E-state index contributed by atoms with van der Waals surface area (Å²) < 4.78 is 3.64. The normalized spacial score (nSPS) is 11.2. The van der Waals surface area contributed by atoms with Crippen LogP contribution in [0.3, 0.4) is 0 Å². The van der Waals surface area contributed by atoms with Crippen LogP contribution >= 0.6 is 11.6 Å². The maximum atomic E-state index is 11.1. The number of carbonyl (C=O) groups excluding carboxylic acids is 1. The fourth-order valence-electron chi connectivity index (χ4n) is 4.36. The molecule has 12 heteroatoms. The first-order valence-corrected chi connectivity index (χ1v) is 12.6. The van der Waals surface area contributed by atoms with Crippen LogP contribution < -0.4 is 11.2 Å². The number of halogens is 1. The summed E-state index contributed by atoms with van der Waals surface area (Å²) in [6, 6.07) is 15.3. The molecule has 0 aliphatic carbocycles. The highest BCUT2D eigenvalue weighted by molar-refractivity contribution is 6.30. The van der Waals surface area contributed by atoms with Gasteiger partial charge in [0.05, 0.1) is 23.0 Å². The molecule has 11 nitrogen and oxygen atoms in total. The summed E-state index contributed by atoms with van der Waals surface area (Å²) in [6.45, 7) is 0.695. The molecular formula is C26H26ClN9O2. The SMILES string of the molecule is Nc1ncnc2c1c(-c1ccc(Cl)cc1)nn2-c1cccc(-c2cnnn2CCCCCCC(=O)NO)c1. The van der Waals surface area contributed by atoms with Gasteiger partial charge in [0.25, 0.3) is 0 Å². The highest BCUT2D eigenvalue weighted by Crippen LogP contribution is 2.33. The van der Waals surface area contributed by atoms with Crippen molar-refractivity contribution in [3.8, 4) is 28.2 Å². The Balaban J connectivity index is 1.40. The maximum absolute atomic E-state index is 11.1. The van der Waals surface area contributed by atoms with E-state index in [1.54, 1.807) is 16.4 Å². The van der Waals surface area contributed by atoms with Crippen molar-refractivity contribution in [2.75, 3.05) is 5.73 Å². The van der Waals surface area contributed by atoms with Crippen molar-refractivity contribution >= 4 is 34.4 Å². The molecule has 0 spiro atoms. The first-order valence-electron chi connectivity index (χ1n) is 12.2. The zero-order chi connectivity index (χ0) is 26.5. The first kappa shape index (κ1) is 25.3. The summed E-state index contributed by atoms with van der Waals surface area (Å²) in [7, 11) is 0. The number of nitrogens with two attached hydrogens (primary N) is 1. The van der Waals surface area contributed by atoms with Gasteiger partial charge in [0.1, 0.15) is 17.8 Å². The van der Waals surface area contributed by atoms with E-state index in [4.69, 9.17) is 27.6 Å². The molecule has 0 aliphatic rings.